The molecule has 0 aromatic heterocycles. The summed E-state index contributed by atoms with van der Waals surface area (Å²) in [6, 6.07) is 12.0. The second-order valence-electron chi connectivity index (χ2n) is 7.37. The normalized spacial score (nSPS) is 14.1. The highest BCUT2D eigenvalue weighted by molar-refractivity contribution is 6.04. The van der Waals surface area contributed by atoms with Crippen molar-refractivity contribution < 1.29 is 29.0 Å². The third-order valence-electron chi connectivity index (χ3n) is 4.72. The van der Waals surface area contributed by atoms with E-state index in [1.807, 2.05) is 30.3 Å². The largest absolute Gasteiger partial charge is 0.478 e. The minimum absolute atomic E-state index is 0.0908. The van der Waals surface area contributed by atoms with E-state index in [1.54, 1.807) is 13.8 Å². The van der Waals surface area contributed by atoms with E-state index in [9.17, 15) is 19.5 Å². The molecule has 8 heteroatoms. The molecule has 0 atom stereocenters. The van der Waals surface area contributed by atoms with Crippen molar-refractivity contribution in [3.63, 3.8) is 0 Å². The molecule has 0 saturated carbocycles. The van der Waals surface area contributed by atoms with Crippen LogP contribution in [-0.4, -0.2) is 41.8 Å². The van der Waals surface area contributed by atoms with Gasteiger partial charge in [-0.05, 0) is 31.5 Å². The number of fused-ring (bicyclic) bond motifs is 1. The minimum atomic E-state index is -1.21. The Morgan fingerprint density at radius 1 is 1.26 bits per heavy atom. The summed E-state index contributed by atoms with van der Waals surface area (Å²) in [7, 11) is 0. The lowest BCUT2D eigenvalue weighted by molar-refractivity contribution is -0.132. The van der Waals surface area contributed by atoms with Gasteiger partial charge in [-0.3, -0.25) is 4.79 Å². The quantitative estimate of drug-likeness (QED) is 0.694. The number of benzene rings is 2. The summed E-state index contributed by atoms with van der Waals surface area (Å²) in [6.07, 6.45) is 4.80. The Kier molecular flexibility index (Phi) is 6.16. The molecule has 2 aromatic rings. The first-order valence-electron chi connectivity index (χ1n) is 9.56. The fraction of sp³-hybridized carbons (Fsp3) is 0.261. The van der Waals surface area contributed by atoms with Crippen LogP contribution in [0.3, 0.4) is 0 Å². The van der Waals surface area contributed by atoms with Gasteiger partial charge in [-0.1, -0.05) is 36.3 Å². The number of carbonyl (C=O) groups excluding carboxylic acids is 2. The molecule has 2 N–H and O–H groups in total. The number of nitrogens with one attached hydrogen (secondary N) is 1. The van der Waals surface area contributed by atoms with Crippen molar-refractivity contribution in [2.75, 3.05) is 18.0 Å². The number of carboxylic acids is 1. The van der Waals surface area contributed by atoms with Crippen molar-refractivity contribution in [3.8, 4) is 18.1 Å². The molecule has 2 amide bonds. The van der Waals surface area contributed by atoms with Crippen LogP contribution in [-0.2, 0) is 16.1 Å². The van der Waals surface area contributed by atoms with Crippen molar-refractivity contribution in [1.82, 2.24) is 5.32 Å². The highest BCUT2D eigenvalue weighted by atomic mass is 16.5. The lowest BCUT2D eigenvalue weighted by atomic mass is 10.00. The summed E-state index contributed by atoms with van der Waals surface area (Å²) in [6.45, 7) is 3.51. The number of carboxylic acid groups (broad SMARTS) is 1. The Morgan fingerprint density at radius 2 is 1.97 bits per heavy atom. The number of anilines is 1. The summed E-state index contributed by atoms with van der Waals surface area (Å²) in [4.78, 5) is 37.8. The van der Waals surface area contributed by atoms with E-state index >= 15 is 0 Å². The molecule has 0 unspecified atom stereocenters. The fourth-order valence-corrected chi connectivity index (χ4v) is 3.18. The van der Waals surface area contributed by atoms with E-state index in [-0.39, 0.29) is 42.4 Å². The lowest BCUT2D eigenvalue weighted by Gasteiger charge is -2.39. The Bertz CT molecular complexity index is 1060. The van der Waals surface area contributed by atoms with Crippen LogP contribution < -0.4 is 15.0 Å². The molecular weight excluding hydrogens is 400 g/mol. The maximum atomic E-state index is 12.9. The molecule has 31 heavy (non-hydrogen) atoms. The molecule has 0 saturated heterocycles. The summed E-state index contributed by atoms with van der Waals surface area (Å²) in [5.74, 6) is 1.04. The van der Waals surface area contributed by atoms with Crippen LogP contribution in [0.25, 0.3) is 0 Å². The molecule has 3 rings (SSSR count). The van der Waals surface area contributed by atoms with Gasteiger partial charge < -0.3 is 24.8 Å². The number of aromatic carboxylic acids is 1. The number of terminal acetylenes is 1. The standard InChI is InChI=1S/C23H22N2O6/c1-4-16-12-19-18(13-17(16)20(26)27)25(21(28)23(2,3)31-19)11-10-24-22(29)30-14-15-8-6-5-7-9-15/h1,5-9,12-13H,10-11,14H2,2-3H3,(H,24,29)(H,26,27). The number of ether oxygens (including phenoxy) is 2. The van der Waals surface area contributed by atoms with E-state index in [0.717, 1.165) is 5.56 Å². The molecule has 0 radical (unpaired) electrons. The fourth-order valence-electron chi connectivity index (χ4n) is 3.18. The van der Waals surface area contributed by atoms with Crippen LogP contribution in [0.15, 0.2) is 42.5 Å². The van der Waals surface area contributed by atoms with Gasteiger partial charge in [0.25, 0.3) is 5.91 Å². The predicted octanol–water partition coefficient (Wildman–Crippen LogP) is 2.80. The molecule has 1 aliphatic heterocycles. The molecule has 1 aliphatic rings. The van der Waals surface area contributed by atoms with Crippen LogP contribution >= 0.6 is 0 Å². The van der Waals surface area contributed by atoms with Crippen LogP contribution in [0, 0.1) is 12.3 Å². The second-order valence-corrected chi connectivity index (χ2v) is 7.37. The number of hydrogen-bond acceptors (Lipinski definition) is 5. The van der Waals surface area contributed by atoms with Gasteiger partial charge in [0.2, 0.25) is 0 Å². The zero-order valence-electron chi connectivity index (χ0n) is 17.2. The highest BCUT2D eigenvalue weighted by Gasteiger charge is 2.41. The van der Waals surface area contributed by atoms with Gasteiger partial charge in [-0.15, -0.1) is 6.42 Å². The van der Waals surface area contributed by atoms with E-state index in [2.05, 4.69) is 11.2 Å². The van der Waals surface area contributed by atoms with Crippen LogP contribution in [0.5, 0.6) is 5.75 Å². The van der Waals surface area contributed by atoms with Gasteiger partial charge >= 0.3 is 12.1 Å². The SMILES string of the molecule is C#Cc1cc2c(cc1C(=O)O)N(CCNC(=O)OCc1ccccc1)C(=O)C(C)(C)O2. The summed E-state index contributed by atoms with van der Waals surface area (Å²) >= 11 is 0. The Labute approximate surface area is 179 Å². The van der Waals surface area contributed by atoms with Gasteiger partial charge in [-0.25, -0.2) is 9.59 Å². The zero-order chi connectivity index (χ0) is 22.6. The van der Waals surface area contributed by atoms with E-state index in [1.165, 1.54) is 17.0 Å². The molecule has 0 spiro atoms. The predicted molar refractivity (Wildman–Crippen MR) is 113 cm³/mol. The van der Waals surface area contributed by atoms with Crippen molar-refractivity contribution in [1.29, 1.82) is 0 Å². The summed E-state index contributed by atoms with van der Waals surface area (Å²) in [5.41, 5.74) is -0.0174. The molecule has 0 bridgehead atoms. The zero-order valence-corrected chi connectivity index (χ0v) is 17.2. The van der Waals surface area contributed by atoms with Crippen molar-refractivity contribution in [3.05, 3.63) is 59.2 Å². The number of carbonyl (C=O) groups is 3. The summed E-state index contributed by atoms with van der Waals surface area (Å²) in [5, 5.41) is 12.0. The van der Waals surface area contributed by atoms with Gasteiger partial charge in [-0.2, -0.15) is 0 Å². The lowest BCUT2D eigenvalue weighted by Crippen LogP contribution is -2.54. The number of hydrogen-bond donors (Lipinski definition) is 2. The molecular formula is C23H22N2O6. The molecule has 1 heterocycles. The number of nitrogens with zero attached hydrogens (tertiary/aromatic N) is 1. The van der Waals surface area contributed by atoms with Crippen LogP contribution in [0.2, 0.25) is 0 Å². The summed E-state index contributed by atoms with van der Waals surface area (Å²) < 4.78 is 10.9. The van der Waals surface area contributed by atoms with Gasteiger partial charge in [0, 0.05) is 18.7 Å². The molecule has 2 aromatic carbocycles. The van der Waals surface area contributed by atoms with Gasteiger partial charge in [0.15, 0.2) is 5.60 Å². The van der Waals surface area contributed by atoms with Gasteiger partial charge in [0.05, 0.1) is 11.3 Å². The average molecular weight is 422 g/mol. The Balaban J connectivity index is 1.72. The maximum absolute atomic E-state index is 12.9. The number of alkyl carbamates (subject to hydrolysis) is 1. The second kappa shape index (κ2) is 8.79. The number of amides is 2. The van der Waals surface area contributed by atoms with E-state index in [0.29, 0.717) is 5.75 Å². The topological polar surface area (TPSA) is 105 Å². The van der Waals surface area contributed by atoms with Crippen molar-refractivity contribution >= 4 is 23.7 Å². The first-order valence-corrected chi connectivity index (χ1v) is 9.56. The first kappa shape index (κ1) is 21.7. The van der Waals surface area contributed by atoms with E-state index in [4.69, 9.17) is 15.9 Å². The van der Waals surface area contributed by atoms with E-state index < -0.39 is 17.7 Å². The highest BCUT2D eigenvalue weighted by Crippen LogP contribution is 2.39. The average Bonchev–Trinajstić information content (AvgIpc) is 2.74. The monoisotopic (exact) mass is 422 g/mol. The van der Waals surface area contributed by atoms with Crippen molar-refractivity contribution in [2.24, 2.45) is 0 Å². The Hall–Kier alpha value is -3.99. The molecule has 8 nitrogen and oxygen atoms in total. The first-order chi connectivity index (χ1) is 14.7. The maximum Gasteiger partial charge on any atom is 0.407 e. The van der Waals surface area contributed by atoms with Crippen LogP contribution in [0.1, 0.15) is 35.3 Å². The molecule has 160 valence electrons. The van der Waals surface area contributed by atoms with Gasteiger partial charge in [0.1, 0.15) is 12.4 Å². The smallest absolute Gasteiger partial charge is 0.407 e. The molecule has 0 aliphatic carbocycles. The number of rotatable bonds is 6. The Morgan fingerprint density at radius 3 is 2.61 bits per heavy atom. The van der Waals surface area contributed by atoms with Crippen LogP contribution in [0.4, 0.5) is 10.5 Å². The van der Waals surface area contributed by atoms with Crippen molar-refractivity contribution in [2.45, 2.75) is 26.1 Å². The third-order valence-corrected chi connectivity index (χ3v) is 4.72. The minimum Gasteiger partial charge on any atom is -0.478 e. The third kappa shape index (κ3) is 4.78. The molecule has 0 fully saturated rings.